The Morgan fingerprint density at radius 3 is 2.76 bits per heavy atom. The zero-order valence-corrected chi connectivity index (χ0v) is 12.4. The highest BCUT2D eigenvalue weighted by molar-refractivity contribution is 5.18. The van der Waals surface area contributed by atoms with Gasteiger partial charge in [0.15, 0.2) is 0 Å². The summed E-state index contributed by atoms with van der Waals surface area (Å²) < 4.78 is 26.9. The second-order valence-electron chi connectivity index (χ2n) is 6.37. The highest BCUT2D eigenvalue weighted by Crippen LogP contribution is 2.30. The number of hydrogen-bond donors (Lipinski definition) is 2. The topological polar surface area (TPSA) is 24.1 Å². The predicted molar refractivity (Wildman–Crippen MR) is 80.0 cm³/mol. The summed E-state index contributed by atoms with van der Waals surface area (Å²) in [6.07, 6.45) is 7.40. The van der Waals surface area contributed by atoms with E-state index >= 15 is 0 Å². The van der Waals surface area contributed by atoms with Crippen LogP contribution >= 0.6 is 0 Å². The highest BCUT2D eigenvalue weighted by Gasteiger charge is 2.32. The molecular formula is C17H24F2N2. The van der Waals surface area contributed by atoms with Crippen molar-refractivity contribution in [1.82, 2.24) is 10.6 Å². The number of benzene rings is 1. The molecule has 2 aliphatic rings. The normalized spacial score (nSPS) is 29.7. The van der Waals surface area contributed by atoms with E-state index in [1.807, 2.05) is 0 Å². The molecule has 0 aromatic heterocycles. The molecule has 0 radical (unpaired) electrons. The van der Waals surface area contributed by atoms with Gasteiger partial charge < -0.3 is 10.6 Å². The van der Waals surface area contributed by atoms with Crippen molar-refractivity contribution in [3.8, 4) is 0 Å². The lowest BCUT2D eigenvalue weighted by molar-refractivity contribution is 0.213. The molecule has 0 bridgehead atoms. The van der Waals surface area contributed by atoms with Gasteiger partial charge in [0.2, 0.25) is 0 Å². The minimum atomic E-state index is -0.370. The molecule has 1 aliphatic carbocycles. The van der Waals surface area contributed by atoms with Gasteiger partial charge in [0.1, 0.15) is 11.6 Å². The quantitative estimate of drug-likeness (QED) is 0.889. The Bertz CT molecular complexity index is 472. The molecular weight excluding hydrogens is 270 g/mol. The van der Waals surface area contributed by atoms with Crippen molar-refractivity contribution in [2.75, 3.05) is 6.54 Å². The predicted octanol–water partition coefficient (Wildman–Crippen LogP) is 3.37. The van der Waals surface area contributed by atoms with Crippen LogP contribution in [-0.4, -0.2) is 18.6 Å². The molecule has 0 spiro atoms. The first-order valence-electron chi connectivity index (χ1n) is 8.15. The van der Waals surface area contributed by atoms with Gasteiger partial charge in [-0.1, -0.05) is 12.8 Å². The van der Waals surface area contributed by atoms with Crippen molar-refractivity contribution >= 4 is 0 Å². The maximum atomic E-state index is 13.7. The summed E-state index contributed by atoms with van der Waals surface area (Å²) >= 11 is 0. The van der Waals surface area contributed by atoms with E-state index in [1.165, 1.54) is 50.3 Å². The minimum absolute atomic E-state index is 0.324. The van der Waals surface area contributed by atoms with E-state index in [0.717, 1.165) is 13.0 Å². The van der Waals surface area contributed by atoms with Crippen LogP contribution in [-0.2, 0) is 6.54 Å². The molecule has 0 amide bonds. The van der Waals surface area contributed by atoms with Crippen LogP contribution in [0.3, 0.4) is 0 Å². The van der Waals surface area contributed by atoms with Crippen molar-refractivity contribution in [1.29, 1.82) is 0 Å². The molecule has 1 saturated heterocycles. The number of rotatable bonds is 4. The zero-order chi connectivity index (χ0) is 14.7. The Morgan fingerprint density at radius 1 is 1.10 bits per heavy atom. The van der Waals surface area contributed by atoms with Crippen molar-refractivity contribution in [3.63, 3.8) is 0 Å². The van der Waals surface area contributed by atoms with Gasteiger partial charge in [-0.25, -0.2) is 8.78 Å². The van der Waals surface area contributed by atoms with Crippen molar-refractivity contribution in [2.45, 2.75) is 57.2 Å². The second-order valence-corrected chi connectivity index (χ2v) is 6.37. The second kappa shape index (κ2) is 6.84. The molecule has 4 heteroatoms. The maximum absolute atomic E-state index is 13.7. The van der Waals surface area contributed by atoms with Crippen LogP contribution in [0.25, 0.3) is 0 Å². The highest BCUT2D eigenvalue weighted by atomic mass is 19.1. The number of halogens is 2. The molecule has 21 heavy (non-hydrogen) atoms. The molecule has 3 rings (SSSR count). The third kappa shape index (κ3) is 3.61. The lowest BCUT2D eigenvalue weighted by Crippen LogP contribution is -2.46. The Labute approximate surface area is 125 Å². The fourth-order valence-electron chi connectivity index (χ4n) is 3.89. The first-order valence-corrected chi connectivity index (χ1v) is 8.15. The first kappa shape index (κ1) is 14.9. The fourth-order valence-corrected chi connectivity index (χ4v) is 3.89. The third-order valence-electron chi connectivity index (χ3n) is 5.00. The Hall–Kier alpha value is -1.00. The van der Waals surface area contributed by atoms with Gasteiger partial charge in [0.25, 0.3) is 0 Å². The van der Waals surface area contributed by atoms with Gasteiger partial charge in [-0.2, -0.15) is 0 Å². The van der Waals surface area contributed by atoms with E-state index in [4.69, 9.17) is 0 Å². The van der Waals surface area contributed by atoms with Crippen LogP contribution in [0.1, 0.15) is 44.1 Å². The smallest absolute Gasteiger partial charge is 0.127 e. The Kier molecular flexibility index (Phi) is 4.86. The standard InChI is InChI=1S/C17H24F2N2/c18-13-7-8-15(19)12(10-13)11-21-17-5-2-1-4-14(17)16-6-3-9-20-16/h7-8,10,14,16-17,20-21H,1-6,9,11H2. The maximum Gasteiger partial charge on any atom is 0.127 e. The molecule has 3 atom stereocenters. The van der Waals surface area contributed by atoms with Gasteiger partial charge in [0.05, 0.1) is 0 Å². The van der Waals surface area contributed by atoms with Crippen LogP contribution in [0.2, 0.25) is 0 Å². The zero-order valence-electron chi connectivity index (χ0n) is 12.4. The molecule has 116 valence electrons. The first-order chi connectivity index (χ1) is 10.2. The van der Waals surface area contributed by atoms with Gasteiger partial charge in [-0.3, -0.25) is 0 Å². The molecule has 1 heterocycles. The fraction of sp³-hybridized carbons (Fsp3) is 0.647. The van der Waals surface area contributed by atoms with E-state index in [9.17, 15) is 8.78 Å². The van der Waals surface area contributed by atoms with E-state index in [-0.39, 0.29) is 11.6 Å². The van der Waals surface area contributed by atoms with Crippen LogP contribution < -0.4 is 10.6 Å². The van der Waals surface area contributed by atoms with Crippen LogP contribution in [0.4, 0.5) is 8.78 Å². The molecule has 1 saturated carbocycles. The average molecular weight is 294 g/mol. The van der Waals surface area contributed by atoms with Crippen molar-refractivity contribution in [3.05, 3.63) is 35.4 Å². The lowest BCUT2D eigenvalue weighted by atomic mass is 9.79. The largest absolute Gasteiger partial charge is 0.314 e. The summed E-state index contributed by atoms with van der Waals surface area (Å²) in [6.45, 7) is 1.53. The van der Waals surface area contributed by atoms with Crippen LogP contribution in [0, 0.1) is 17.6 Å². The number of nitrogens with one attached hydrogen (secondary N) is 2. The average Bonchev–Trinajstić information content (AvgIpc) is 3.03. The summed E-state index contributed by atoms with van der Waals surface area (Å²) in [7, 11) is 0. The lowest BCUT2D eigenvalue weighted by Gasteiger charge is -2.36. The Morgan fingerprint density at radius 2 is 1.95 bits per heavy atom. The van der Waals surface area contributed by atoms with E-state index < -0.39 is 0 Å². The summed E-state index contributed by atoms with van der Waals surface area (Å²) in [4.78, 5) is 0. The molecule has 2 fully saturated rings. The molecule has 1 aromatic rings. The van der Waals surface area contributed by atoms with E-state index in [1.54, 1.807) is 0 Å². The van der Waals surface area contributed by atoms with E-state index in [0.29, 0.717) is 30.1 Å². The van der Waals surface area contributed by atoms with Crippen molar-refractivity contribution < 1.29 is 8.78 Å². The summed E-state index contributed by atoms with van der Waals surface area (Å²) in [5.74, 6) is -0.0704. The SMILES string of the molecule is Fc1ccc(F)c(CNC2CCCCC2C2CCCN2)c1. The van der Waals surface area contributed by atoms with Crippen LogP contribution in [0.15, 0.2) is 18.2 Å². The van der Waals surface area contributed by atoms with Crippen molar-refractivity contribution in [2.24, 2.45) is 5.92 Å². The molecule has 2 N–H and O–H groups in total. The monoisotopic (exact) mass is 294 g/mol. The van der Waals surface area contributed by atoms with Gasteiger partial charge >= 0.3 is 0 Å². The molecule has 2 nitrogen and oxygen atoms in total. The van der Waals surface area contributed by atoms with Crippen LogP contribution in [0.5, 0.6) is 0 Å². The summed E-state index contributed by atoms with van der Waals surface area (Å²) in [5, 5.41) is 7.09. The van der Waals surface area contributed by atoms with E-state index in [2.05, 4.69) is 10.6 Å². The summed E-state index contributed by atoms with van der Waals surface area (Å²) in [6, 6.07) is 4.69. The van der Waals surface area contributed by atoms with Gasteiger partial charge in [-0.15, -0.1) is 0 Å². The summed E-state index contributed by atoms with van der Waals surface area (Å²) in [5.41, 5.74) is 0.429. The molecule has 3 unspecified atom stereocenters. The molecule has 1 aliphatic heterocycles. The van der Waals surface area contributed by atoms with Gasteiger partial charge in [-0.05, 0) is 56.3 Å². The third-order valence-corrected chi connectivity index (χ3v) is 5.00. The molecule has 1 aromatic carbocycles. The van der Waals surface area contributed by atoms with Gasteiger partial charge in [0, 0.05) is 24.2 Å². The number of hydrogen-bond acceptors (Lipinski definition) is 2. The minimum Gasteiger partial charge on any atom is -0.314 e. The Balaban J connectivity index is 1.63.